The molecule has 0 saturated heterocycles. The zero-order valence-corrected chi connectivity index (χ0v) is 10.9. The molecule has 2 rings (SSSR count). The van der Waals surface area contributed by atoms with Crippen LogP contribution in [0.25, 0.3) is 11.4 Å². The van der Waals surface area contributed by atoms with E-state index < -0.39 is 10.0 Å². The van der Waals surface area contributed by atoms with Crippen molar-refractivity contribution in [3.8, 4) is 11.4 Å². The third kappa shape index (κ3) is 3.41. The van der Waals surface area contributed by atoms with Crippen molar-refractivity contribution in [3.63, 3.8) is 0 Å². The van der Waals surface area contributed by atoms with Gasteiger partial charge < -0.3 is 4.57 Å². The number of imidazole rings is 1. The summed E-state index contributed by atoms with van der Waals surface area (Å²) in [7, 11) is -3.14. The fraction of sp³-hybridized carbons (Fsp3) is 0.250. The van der Waals surface area contributed by atoms with Crippen LogP contribution in [-0.2, 0) is 16.6 Å². The average molecular weight is 265 g/mol. The van der Waals surface area contributed by atoms with E-state index in [4.69, 9.17) is 0 Å². The van der Waals surface area contributed by atoms with Gasteiger partial charge in [0.1, 0.15) is 5.82 Å². The summed E-state index contributed by atoms with van der Waals surface area (Å²) in [5.41, 5.74) is 1.02. The normalized spacial score (nSPS) is 11.6. The monoisotopic (exact) mass is 265 g/mol. The second kappa shape index (κ2) is 5.32. The maximum Gasteiger partial charge on any atom is 0.208 e. The van der Waals surface area contributed by atoms with Gasteiger partial charge in [0.15, 0.2) is 0 Å². The van der Waals surface area contributed by atoms with E-state index in [0.717, 1.165) is 17.6 Å². The molecule has 6 heteroatoms. The maximum atomic E-state index is 11.0. The van der Waals surface area contributed by atoms with Gasteiger partial charge in [0.05, 0.1) is 6.26 Å². The average Bonchev–Trinajstić information content (AvgIpc) is 2.77. The second-order valence-electron chi connectivity index (χ2n) is 3.98. The Bertz CT molecular complexity index is 605. The number of hydrogen-bond acceptors (Lipinski definition) is 3. The standard InChI is InChI=1S/C12H15N3O2S/c1-18(16,17)14-8-10-15-9-7-13-12(15)11-5-3-2-4-6-11/h2-7,9,14H,8,10H2,1H3. The molecule has 0 bridgehead atoms. The highest BCUT2D eigenvalue weighted by atomic mass is 32.2. The van der Waals surface area contributed by atoms with Crippen molar-refractivity contribution in [1.82, 2.24) is 14.3 Å². The van der Waals surface area contributed by atoms with E-state index in [1.165, 1.54) is 0 Å². The number of nitrogens with zero attached hydrogens (tertiary/aromatic N) is 2. The van der Waals surface area contributed by atoms with Gasteiger partial charge in [-0.1, -0.05) is 30.3 Å². The molecule has 1 aromatic carbocycles. The van der Waals surface area contributed by atoms with Crippen LogP contribution in [0.5, 0.6) is 0 Å². The number of aromatic nitrogens is 2. The Morgan fingerprint density at radius 3 is 2.67 bits per heavy atom. The number of benzene rings is 1. The number of rotatable bonds is 5. The van der Waals surface area contributed by atoms with Gasteiger partial charge in [0, 0.05) is 31.0 Å². The first-order chi connectivity index (χ1) is 8.56. The Kier molecular flexibility index (Phi) is 3.78. The van der Waals surface area contributed by atoms with Gasteiger partial charge in [-0.2, -0.15) is 0 Å². The van der Waals surface area contributed by atoms with E-state index >= 15 is 0 Å². The van der Waals surface area contributed by atoms with Crippen LogP contribution in [0.1, 0.15) is 0 Å². The van der Waals surface area contributed by atoms with Crippen LogP contribution in [0.3, 0.4) is 0 Å². The minimum absolute atomic E-state index is 0.356. The molecule has 96 valence electrons. The predicted molar refractivity (Wildman–Crippen MR) is 70.5 cm³/mol. The first-order valence-corrected chi connectivity index (χ1v) is 7.46. The van der Waals surface area contributed by atoms with Crippen LogP contribution in [0, 0.1) is 0 Å². The highest BCUT2D eigenvalue weighted by Crippen LogP contribution is 2.16. The van der Waals surface area contributed by atoms with E-state index in [0.29, 0.717) is 13.1 Å². The molecule has 1 N–H and O–H groups in total. The van der Waals surface area contributed by atoms with E-state index in [1.54, 1.807) is 6.20 Å². The molecule has 0 spiro atoms. The molecule has 5 nitrogen and oxygen atoms in total. The smallest absolute Gasteiger partial charge is 0.208 e. The highest BCUT2D eigenvalue weighted by molar-refractivity contribution is 7.88. The van der Waals surface area contributed by atoms with Gasteiger partial charge in [-0.05, 0) is 0 Å². The third-order valence-corrected chi connectivity index (χ3v) is 3.19. The Morgan fingerprint density at radius 2 is 2.00 bits per heavy atom. The van der Waals surface area contributed by atoms with Crippen molar-refractivity contribution in [3.05, 3.63) is 42.7 Å². The topological polar surface area (TPSA) is 64.0 Å². The van der Waals surface area contributed by atoms with Crippen LogP contribution >= 0.6 is 0 Å². The Morgan fingerprint density at radius 1 is 1.28 bits per heavy atom. The minimum atomic E-state index is -3.14. The molecule has 0 fully saturated rings. The van der Waals surface area contributed by atoms with Gasteiger partial charge in [0.25, 0.3) is 0 Å². The summed E-state index contributed by atoms with van der Waals surface area (Å²) in [5, 5.41) is 0. The molecule has 0 amide bonds. The summed E-state index contributed by atoms with van der Waals surface area (Å²) in [6.07, 6.45) is 4.70. The summed E-state index contributed by atoms with van der Waals surface area (Å²) in [5.74, 6) is 0.839. The van der Waals surface area contributed by atoms with Gasteiger partial charge in [-0.25, -0.2) is 18.1 Å². The lowest BCUT2D eigenvalue weighted by Crippen LogP contribution is -2.26. The van der Waals surface area contributed by atoms with E-state index in [9.17, 15) is 8.42 Å². The quantitative estimate of drug-likeness (QED) is 0.880. The van der Waals surface area contributed by atoms with Crippen molar-refractivity contribution in [2.24, 2.45) is 0 Å². The Labute approximate surface area is 107 Å². The molecular weight excluding hydrogens is 250 g/mol. The lowest BCUT2D eigenvalue weighted by atomic mass is 10.2. The maximum absolute atomic E-state index is 11.0. The lowest BCUT2D eigenvalue weighted by molar-refractivity contribution is 0.579. The molecule has 0 unspecified atom stereocenters. The zero-order valence-electron chi connectivity index (χ0n) is 10.1. The summed E-state index contributed by atoms with van der Waals surface area (Å²) >= 11 is 0. The van der Waals surface area contributed by atoms with Gasteiger partial charge >= 0.3 is 0 Å². The van der Waals surface area contributed by atoms with Crippen LogP contribution in [0.15, 0.2) is 42.7 Å². The van der Waals surface area contributed by atoms with Crippen LogP contribution in [-0.4, -0.2) is 30.8 Å². The molecule has 0 radical (unpaired) electrons. The van der Waals surface area contributed by atoms with Crippen molar-refractivity contribution >= 4 is 10.0 Å². The lowest BCUT2D eigenvalue weighted by Gasteiger charge is -2.08. The fourth-order valence-corrected chi connectivity index (χ4v) is 2.15. The zero-order chi connectivity index (χ0) is 13.0. The number of sulfonamides is 1. The van der Waals surface area contributed by atoms with Gasteiger partial charge in [0.2, 0.25) is 10.0 Å². The first-order valence-electron chi connectivity index (χ1n) is 5.57. The molecule has 2 aromatic rings. The largest absolute Gasteiger partial charge is 0.330 e. The summed E-state index contributed by atoms with van der Waals surface area (Å²) < 4.78 is 26.3. The number of nitrogens with one attached hydrogen (secondary N) is 1. The van der Waals surface area contributed by atoms with E-state index in [2.05, 4.69) is 9.71 Å². The third-order valence-electron chi connectivity index (χ3n) is 2.46. The molecule has 0 aliphatic rings. The molecule has 1 heterocycles. The van der Waals surface area contributed by atoms with Crippen LogP contribution in [0.4, 0.5) is 0 Å². The summed E-state index contributed by atoms with van der Waals surface area (Å²) in [4.78, 5) is 4.29. The van der Waals surface area contributed by atoms with Crippen molar-refractivity contribution in [2.75, 3.05) is 12.8 Å². The molecule has 0 saturated carbocycles. The molecule has 0 atom stereocenters. The molecule has 0 aliphatic heterocycles. The van der Waals surface area contributed by atoms with Gasteiger partial charge in [-0.3, -0.25) is 0 Å². The predicted octanol–water partition coefficient (Wildman–Crippen LogP) is 1.10. The second-order valence-corrected chi connectivity index (χ2v) is 5.81. The first kappa shape index (κ1) is 12.8. The minimum Gasteiger partial charge on any atom is -0.330 e. The summed E-state index contributed by atoms with van der Waals surface area (Å²) in [6.45, 7) is 0.909. The molecule has 1 aromatic heterocycles. The van der Waals surface area contributed by atoms with E-state index in [1.807, 2.05) is 41.1 Å². The Balaban J connectivity index is 2.09. The highest BCUT2D eigenvalue weighted by Gasteiger charge is 2.06. The Hall–Kier alpha value is -1.66. The molecule has 18 heavy (non-hydrogen) atoms. The van der Waals surface area contributed by atoms with E-state index in [-0.39, 0.29) is 0 Å². The van der Waals surface area contributed by atoms with Crippen LogP contribution in [0.2, 0.25) is 0 Å². The van der Waals surface area contributed by atoms with Gasteiger partial charge in [-0.15, -0.1) is 0 Å². The van der Waals surface area contributed by atoms with Crippen LogP contribution < -0.4 is 4.72 Å². The number of hydrogen-bond donors (Lipinski definition) is 1. The molecular formula is C12H15N3O2S. The molecule has 0 aliphatic carbocycles. The SMILES string of the molecule is CS(=O)(=O)NCCn1ccnc1-c1ccccc1. The van der Waals surface area contributed by atoms with Crippen molar-refractivity contribution < 1.29 is 8.42 Å². The van der Waals surface area contributed by atoms with Crippen molar-refractivity contribution in [1.29, 1.82) is 0 Å². The fourth-order valence-electron chi connectivity index (χ4n) is 1.69. The van der Waals surface area contributed by atoms with Crippen molar-refractivity contribution in [2.45, 2.75) is 6.54 Å². The summed E-state index contributed by atoms with van der Waals surface area (Å²) in [6, 6.07) is 9.79.